The molecule has 1 fully saturated rings. The molecule has 1 aromatic heterocycles. The number of hydrogen-bond acceptors (Lipinski definition) is 4. The summed E-state index contributed by atoms with van der Waals surface area (Å²) in [6.07, 6.45) is 3.90. The summed E-state index contributed by atoms with van der Waals surface area (Å²) < 4.78 is 5.45. The summed E-state index contributed by atoms with van der Waals surface area (Å²) in [5, 5.41) is 13.0. The van der Waals surface area contributed by atoms with Crippen molar-refractivity contribution in [1.29, 1.82) is 0 Å². The largest absolute Gasteiger partial charge is 0.389 e. The lowest BCUT2D eigenvalue weighted by molar-refractivity contribution is 0.0314. The van der Waals surface area contributed by atoms with Gasteiger partial charge in [-0.25, -0.2) is 0 Å². The molecule has 1 aromatic rings. The Morgan fingerprint density at radius 3 is 3.00 bits per heavy atom. The maximum absolute atomic E-state index is 9.77. The number of hydrogen-bond donors (Lipinski definition) is 2. The SMILES string of the molecule is C[C@@H](NCC(O)COCC1CC1)c1ccccn1. The third-order valence-electron chi connectivity index (χ3n) is 3.15. The summed E-state index contributed by atoms with van der Waals surface area (Å²) >= 11 is 0. The molecule has 0 amide bonds. The van der Waals surface area contributed by atoms with Crippen LogP contribution in [0.4, 0.5) is 0 Å². The van der Waals surface area contributed by atoms with Crippen LogP contribution >= 0.6 is 0 Å². The normalized spacial score (nSPS) is 18.6. The molecule has 1 heterocycles. The molecule has 2 N–H and O–H groups in total. The minimum Gasteiger partial charge on any atom is -0.389 e. The summed E-state index contributed by atoms with van der Waals surface area (Å²) in [6.45, 7) is 3.79. The van der Waals surface area contributed by atoms with Crippen molar-refractivity contribution in [3.8, 4) is 0 Å². The van der Waals surface area contributed by atoms with Crippen LogP contribution in [0.2, 0.25) is 0 Å². The first-order valence-electron chi connectivity index (χ1n) is 6.66. The van der Waals surface area contributed by atoms with Crippen LogP contribution in [0.1, 0.15) is 31.5 Å². The van der Waals surface area contributed by atoms with Crippen LogP contribution in [0.5, 0.6) is 0 Å². The van der Waals surface area contributed by atoms with Crippen LogP contribution in [-0.2, 0) is 4.74 Å². The number of pyridine rings is 1. The number of ether oxygens (including phenoxy) is 1. The van der Waals surface area contributed by atoms with E-state index in [-0.39, 0.29) is 6.04 Å². The predicted molar refractivity (Wildman–Crippen MR) is 70.2 cm³/mol. The molecular formula is C14H22N2O2. The molecule has 18 heavy (non-hydrogen) atoms. The predicted octanol–water partition coefficient (Wildman–Crippen LogP) is 1.52. The molecule has 0 spiro atoms. The van der Waals surface area contributed by atoms with Crippen LogP contribution in [-0.4, -0.2) is 36.0 Å². The van der Waals surface area contributed by atoms with Gasteiger partial charge in [0.2, 0.25) is 0 Å². The van der Waals surface area contributed by atoms with Gasteiger partial charge < -0.3 is 15.2 Å². The molecule has 1 aliphatic carbocycles. The number of aliphatic hydroxyl groups is 1. The number of nitrogens with zero attached hydrogens (tertiary/aromatic N) is 1. The van der Waals surface area contributed by atoms with Crippen molar-refractivity contribution in [2.75, 3.05) is 19.8 Å². The molecule has 0 aromatic carbocycles. The monoisotopic (exact) mass is 250 g/mol. The Kier molecular flexibility index (Phi) is 5.11. The van der Waals surface area contributed by atoms with E-state index >= 15 is 0 Å². The van der Waals surface area contributed by atoms with Gasteiger partial charge >= 0.3 is 0 Å². The molecule has 0 bridgehead atoms. The van der Waals surface area contributed by atoms with Gasteiger partial charge in [-0.1, -0.05) is 6.07 Å². The number of rotatable bonds is 8. The van der Waals surface area contributed by atoms with Gasteiger partial charge in [0.15, 0.2) is 0 Å². The maximum atomic E-state index is 9.77. The zero-order chi connectivity index (χ0) is 12.8. The third kappa shape index (κ3) is 4.72. The topological polar surface area (TPSA) is 54.4 Å². The summed E-state index contributed by atoms with van der Waals surface area (Å²) in [5.74, 6) is 0.748. The van der Waals surface area contributed by atoms with Crippen LogP contribution in [0.3, 0.4) is 0 Å². The van der Waals surface area contributed by atoms with Gasteiger partial charge in [0, 0.05) is 25.4 Å². The Morgan fingerprint density at radius 2 is 2.33 bits per heavy atom. The van der Waals surface area contributed by atoms with E-state index in [9.17, 15) is 5.11 Å². The van der Waals surface area contributed by atoms with Gasteiger partial charge in [0.05, 0.1) is 18.4 Å². The van der Waals surface area contributed by atoms with E-state index in [1.54, 1.807) is 6.20 Å². The zero-order valence-corrected chi connectivity index (χ0v) is 10.9. The van der Waals surface area contributed by atoms with E-state index in [4.69, 9.17) is 4.74 Å². The number of nitrogens with one attached hydrogen (secondary N) is 1. The average molecular weight is 250 g/mol. The van der Waals surface area contributed by atoms with Gasteiger partial charge in [-0.15, -0.1) is 0 Å². The Balaban J connectivity index is 1.60. The van der Waals surface area contributed by atoms with Crippen molar-refractivity contribution >= 4 is 0 Å². The van der Waals surface area contributed by atoms with Crippen molar-refractivity contribution < 1.29 is 9.84 Å². The maximum Gasteiger partial charge on any atom is 0.0897 e. The van der Waals surface area contributed by atoms with Crippen LogP contribution in [0, 0.1) is 5.92 Å². The second-order valence-corrected chi connectivity index (χ2v) is 5.02. The van der Waals surface area contributed by atoms with Gasteiger partial charge in [-0.2, -0.15) is 0 Å². The molecule has 2 rings (SSSR count). The van der Waals surface area contributed by atoms with Crippen LogP contribution in [0.15, 0.2) is 24.4 Å². The standard InChI is InChI=1S/C14H22N2O2/c1-11(14-4-2-3-7-15-14)16-8-13(17)10-18-9-12-5-6-12/h2-4,7,11-13,16-17H,5-6,8-10H2,1H3/t11-,13?/m1/s1. The van der Waals surface area contributed by atoms with Gasteiger partial charge in [-0.3, -0.25) is 4.98 Å². The van der Waals surface area contributed by atoms with Crippen LogP contribution < -0.4 is 5.32 Å². The Labute approximate surface area is 108 Å². The molecule has 0 saturated heterocycles. The third-order valence-corrected chi connectivity index (χ3v) is 3.15. The fourth-order valence-corrected chi connectivity index (χ4v) is 1.76. The van der Waals surface area contributed by atoms with Gasteiger partial charge in [-0.05, 0) is 37.8 Å². The lowest BCUT2D eigenvalue weighted by Crippen LogP contribution is -2.32. The first-order valence-corrected chi connectivity index (χ1v) is 6.66. The summed E-state index contributed by atoms with van der Waals surface area (Å²) in [7, 11) is 0. The van der Waals surface area contributed by atoms with Crippen molar-refractivity contribution in [2.24, 2.45) is 5.92 Å². The van der Waals surface area contributed by atoms with E-state index in [0.717, 1.165) is 18.2 Å². The lowest BCUT2D eigenvalue weighted by atomic mass is 10.2. The van der Waals surface area contributed by atoms with Crippen molar-refractivity contribution in [2.45, 2.75) is 31.9 Å². The van der Waals surface area contributed by atoms with E-state index in [1.807, 2.05) is 25.1 Å². The van der Waals surface area contributed by atoms with E-state index in [2.05, 4.69) is 10.3 Å². The zero-order valence-electron chi connectivity index (χ0n) is 10.9. The molecular weight excluding hydrogens is 228 g/mol. The molecule has 4 heteroatoms. The minimum atomic E-state index is -0.449. The fourth-order valence-electron chi connectivity index (χ4n) is 1.76. The molecule has 4 nitrogen and oxygen atoms in total. The van der Waals surface area contributed by atoms with Crippen molar-refractivity contribution in [1.82, 2.24) is 10.3 Å². The van der Waals surface area contributed by atoms with Crippen LogP contribution in [0.25, 0.3) is 0 Å². The lowest BCUT2D eigenvalue weighted by Gasteiger charge is -2.16. The molecule has 100 valence electrons. The molecule has 0 radical (unpaired) electrons. The Hall–Kier alpha value is -0.970. The molecule has 1 aliphatic rings. The highest BCUT2D eigenvalue weighted by Crippen LogP contribution is 2.28. The van der Waals surface area contributed by atoms with Gasteiger partial charge in [0.25, 0.3) is 0 Å². The Bertz CT molecular complexity index is 341. The minimum absolute atomic E-state index is 0.143. The van der Waals surface area contributed by atoms with Crippen molar-refractivity contribution in [3.63, 3.8) is 0 Å². The quantitative estimate of drug-likeness (QED) is 0.734. The van der Waals surface area contributed by atoms with Gasteiger partial charge in [0.1, 0.15) is 0 Å². The molecule has 0 aliphatic heterocycles. The fraction of sp³-hybridized carbons (Fsp3) is 0.643. The summed E-state index contributed by atoms with van der Waals surface area (Å²) in [4.78, 5) is 4.27. The highest BCUT2D eigenvalue weighted by atomic mass is 16.5. The summed E-state index contributed by atoms with van der Waals surface area (Å²) in [6, 6.07) is 5.99. The second-order valence-electron chi connectivity index (χ2n) is 5.02. The number of aliphatic hydroxyl groups excluding tert-OH is 1. The molecule has 1 unspecified atom stereocenters. The molecule has 1 saturated carbocycles. The first-order chi connectivity index (χ1) is 8.75. The van der Waals surface area contributed by atoms with Crippen molar-refractivity contribution in [3.05, 3.63) is 30.1 Å². The summed E-state index contributed by atoms with van der Waals surface area (Å²) in [5.41, 5.74) is 0.989. The Morgan fingerprint density at radius 1 is 1.50 bits per heavy atom. The average Bonchev–Trinajstić information content (AvgIpc) is 3.21. The van der Waals surface area contributed by atoms with E-state index in [0.29, 0.717) is 13.2 Å². The smallest absolute Gasteiger partial charge is 0.0897 e. The first kappa shape index (κ1) is 13.5. The molecule has 2 atom stereocenters. The highest BCUT2D eigenvalue weighted by molar-refractivity contribution is 5.07. The van der Waals surface area contributed by atoms with E-state index < -0.39 is 6.10 Å². The highest BCUT2D eigenvalue weighted by Gasteiger charge is 2.21. The number of aromatic nitrogens is 1. The second kappa shape index (κ2) is 6.83. The van der Waals surface area contributed by atoms with E-state index in [1.165, 1.54) is 12.8 Å².